The molecule has 1 rings (SSSR count). The van der Waals surface area contributed by atoms with E-state index in [9.17, 15) is 4.39 Å². The normalized spacial score (nSPS) is 13.9. The highest BCUT2D eigenvalue weighted by Crippen LogP contribution is 2.25. The minimum atomic E-state index is -0.267. The van der Waals surface area contributed by atoms with Crippen LogP contribution in [0, 0.1) is 11.2 Å². The van der Waals surface area contributed by atoms with Gasteiger partial charge in [-0.25, -0.2) is 4.39 Å². The molecule has 1 atom stereocenters. The SMILES string of the molecule is CC(C)(C)CC(N)Cc1c(F)cccc1Cl. The first kappa shape index (κ1) is 13.5. The van der Waals surface area contributed by atoms with Crippen molar-refractivity contribution in [2.75, 3.05) is 0 Å². The maximum atomic E-state index is 13.5. The van der Waals surface area contributed by atoms with Crippen LogP contribution >= 0.6 is 11.6 Å². The van der Waals surface area contributed by atoms with Crippen molar-refractivity contribution in [3.63, 3.8) is 0 Å². The number of rotatable bonds is 3. The van der Waals surface area contributed by atoms with E-state index in [-0.39, 0.29) is 17.3 Å². The van der Waals surface area contributed by atoms with Crippen LogP contribution in [0.5, 0.6) is 0 Å². The van der Waals surface area contributed by atoms with Crippen molar-refractivity contribution in [1.82, 2.24) is 0 Å². The fraction of sp³-hybridized carbons (Fsp3) is 0.538. The largest absolute Gasteiger partial charge is 0.327 e. The molecule has 90 valence electrons. The van der Waals surface area contributed by atoms with E-state index >= 15 is 0 Å². The molecule has 1 nitrogen and oxygen atoms in total. The number of halogens is 2. The lowest BCUT2D eigenvalue weighted by atomic mass is 9.86. The molecule has 16 heavy (non-hydrogen) atoms. The van der Waals surface area contributed by atoms with Crippen LogP contribution in [0.25, 0.3) is 0 Å². The Morgan fingerprint density at radius 1 is 1.38 bits per heavy atom. The van der Waals surface area contributed by atoms with Gasteiger partial charge in [-0.05, 0) is 30.4 Å². The molecule has 1 aromatic carbocycles. The Labute approximate surface area is 102 Å². The fourth-order valence-corrected chi connectivity index (χ4v) is 2.09. The molecule has 0 aliphatic rings. The van der Waals surface area contributed by atoms with Gasteiger partial charge >= 0.3 is 0 Å². The molecular formula is C13H19ClFN. The van der Waals surface area contributed by atoms with Crippen molar-refractivity contribution in [3.05, 3.63) is 34.6 Å². The zero-order valence-electron chi connectivity index (χ0n) is 10.1. The van der Waals surface area contributed by atoms with Gasteiger partial charge in [0.25, 0.3) is 0 Å². The van der Waals surface area contributed by atoms with Crippen LogP contribution in [0.15, 0.2) is 18.2 Å². The highest BCUT2D eigenvalue weighted by atomic mass is 35.5. The van der Waals surface area contributed by atoms with Gasteiger partial charge < -0.3 is 5.73 Å². The first-order valence-electron chi connectivity index (χ1n) is 5.48. The summed E-state index contributed by atoms with van der Waals surface area (Å²) in [6, 6.07) is 4.67. The molecular weight excluding hydrogens is 225 g/mol. The van der Waals surface area contributed by atoms with Crippen LogP contribution in [-0.2, 0) is 6.42 Å². The highest BCUT2D eigenvalue weighted by molar-refractivity contribution is 6.31. The van der Waals surface area contributed by atoms with Crippen molar-refractivity contribution in [2.45, 2.75) is 39.7 Å². The summed E-state index contributed by atoms with van der Waals surface area (Å²) < 4.78 is 13.5. The van der Waals surface area contributed by atoms with Gasteiger partial charge in [0.2, 0.25) is 0 Å². The first-order valence-corrected chi connectivity index (χ1v) is 5.86. The second kappa shape index (κ2) is 5.15. The summed E-state index contributed by atoms with van der Waals surface area (Å²) in [7, 11) is 0. The fourth-order valence-electron chi connectivity index (χ4n) is 1.85. The quantitative estimate of drug-likeness (QED) is 0.859. The summed E-state index contributed by atoms with van der Waals surface area (Å²) in [6.45, 7) is 6.36. The lowest BCUT2D eigenvalue weighted by Crippen LogP contribution is -2.28. The third kappa shape index (κ3) is 4.11. The van der Waals surface area contributed by atoms with Crippen molar-refractivity contribution in [2.24, 2.45) is 11.1 Å². The van der Waals surface area contributed by atoms with E-state index in [1.54, 1.807) is 12.1 Å². The van der Waals surface area contributed by atoms with Crippen molar-refractivity contribution < 1.29 is 4.39 Å². The molecule has 0 saturated carbocycles. The van der Waals surface area contributed by atoms with Gasteiger partial charge in [-0.3, -0.25) is 0 Å². The van der Waals surface area contributed by atoms with Gasteiger partial charge in [0.05, 0.1) is 0 Å². The van der Waals surface area contributed by atoms with E-state index in [0.29, 0.717) is 17.0 Å². The smallest absolute Gasteiger partial charge is 0.127 e. The molecule has 0 bridgehead atoms. The molecule has 2 N–H and O–H groups in total. The van der Waals surface area contributed by atoms with Crippen LogP contribution in [0.3, 0.4) is 0 Å². The third-order valence-corrected chi connectivity index (χ3v) is 2.76. The van der Waals surface area contributed by atoms with E-state index < -0.39 is 0 Å². The molecule has 0 amide bonds. The van der Waals surface area contributed by atoms with Crippen molar-refractivity contribution in [3.8, 4) is 0 Å². The van der Waals surface area contributed by atoms with Crippen LogP contribution in [0.1, 0.15) is 32.8 Å². The number of hydrogen-bond acceptors (Lipinski definition) is 1. The van der Waals surface area contributed by atoms with Crippen LogP contribution in [0.4, 0.5) is 4.39 Å². The molecule has 0 fully saturated rings. The average molecular weight is 244 g/mol. The minimum Gasteiger partial charge on any atom is -0.327 e. The van der Waals surface area contributed by atoms with Gasteiger partial charge in [-0.15, -0.1) is 0 Å². The summed E-state index contributed by atoms with van der Waals surface area (Å²) >= 11 is 5.95. The van der Waals surface area contributed by atoms with Gasteiger partial charge in [-0.2, -0.15) is 0 Å². The van der Waals surface area contributed by atoms with E-state index in [4.69, 9.17) is 17.3 Å². The highest BCUT2D eigenvalue weighted by Gasteiger charge is 2.18. The zero-order valence-corrected chi connectivity index (χ0v) is 10.8. The standard InChI is InChI=1S/C13H19ClFN/c1-13(2,3)8-9(16)7-10-11(14)5-4-6-12(10)15/h4-6,9H,7-8,16H2,1-3H3. The molecule has 1 aromatic rings. The Balaban J connectivity index is 2.73. The molecule has 0 radical (unpaired) electrons. The molecule has 0 aliphatic heterocycles. The van der Waals surface area contributed by atoms with Crippen molar-refractivity contribution in [1.29, 1.82) is 0 Å². The molecule has 0 heterocycles. The second-order valence-corrected chi connectivity index (χ2v) is 5.84. The first-order chi connectivity index (χ1) is 7.29. The summed E-state index contributed by atoms with van der Waals surface area (Å²) in [6.07, 6.45) is 1.33. The van der Waals surface area contributed by atoms with Crippen LogP contribution in [-0.4, -0.2) is 6.04 Å². The van der Waals surface area contributed by atoms with E-state index in [0.717, 1.165) is 6.42 Å². The van der Waals surface area contributed by atoms with Gasteiger partial charge in [0, 0.05) is 16.6 Å². The monoisotopic (exact) mass is 243 g/mol. The molecule has 0 saturated heterocycles. The van der Waals surface area contributed by atoms with E-state index in [1.807, 2.05) is 0 Å². The van der Waals surface area contributed by atoms with Crippen LogP contribution in [0.2, 0.25) is 5.02 Å². The van der Waals surface area contributed by atoms with E-state index in [2.05, 4.69) is 20.8 Å². The van der Waals surface area contributed by atoms with Gasteiger partial charge in [0.15, 0.2) is 0 Å². The molecule has 1 unspecified atom stereocenters. The third-order valence-electron chi connectivity index (χ3n) is 2.40. The lowest BCUT2D eigenvalue weighted by Gasteiger charge is -2.23. The Kier molecular flexibility index (Phi) is 4.34. The number of benzene rings is 1. The maximum absolute atomic E-state index is 13.5. The van der Waals surface area contributed by atoms with Gasteiger partial charge in [-0.1, -0.05) is 38.4 Å². The van der Waals surface area contributed by atoms with E-state index in [1.165, 1.54) is 6.07 Å². The number of hydrogen-bond donors (Lipinski definition) is 1. The average Bonchev–Trinajstić information content (AvgIpc) is 2.08. The Morgan fingerprint density at radius 2 is 2.00 bits per heavy atom. The predicted molar refractivity (Wildman–Crippen MR) is 67.2 cm³/mol. The number of nitrogens with two attached hydrogens (primary N) is 1. The Morgan fingerprint density at radius 3 is 2.50 bits per heavy atom. The van der Waals surface area contributed by atoms with Gasteiger partial charge in [0.1, 0.15) is 5.82 Å². The topological polar surface area (TPSA) is 26.0 Å². The Hall–Kier alpha value is -0.600. The lowest BCUT2D eigenvalue weighted by molar-refractivity contribution is 0.337. The second-order valence-electron chi connectivity index (χ2n) is 5.43. The molecule has 0 aromatic heterocycles. The molecule has 0 aliphatic carbocycles. The zero-order chi connectivity index (χ0) is 12.3. The summed E-state index contributed by atoms with van der Waals surface area (Å²) in [4.78, 5) is 0. The Bertz CT molecular complexity index is 337. The molecule has 3 heteroatoms. The predicted octanol–water partition coefficient (Wildman–Crippen LogP) is 3.79. The molecule has 0 spiro atoms. The summed E-state index contributed by atoms with van der Waals surface area (Å²) in [5, 5.41) is 0.462. The summed E-state index contributed by atoms with van der Waals surface area (Å²) in [5.74, 6) is -0.267. The minimum absolute atomic E-state index is 0.0607. The summed E-state index contributed by atoms with van der Waals surface area (Å²) in [5.41, 5.74) is 6.68. The van der Waals surface area contributed by atoms with Crippen LogP contribution < -0.4 is 5.73 Å². The maximum Gasteiger partial charge on any atom is 0.127 e. The van der Waals surface area contributed by atoms with Crippen molar-refractivity contribution >= 4 is 11.6 Å².